The highest BCUT2D eigenvalue weighted by atomic mass is 15.2. The van der Waals surface area contributed by atoms with Crippen LogP contribution in [0.25, 0.3) is 81.4 Å². The van der Waals surface area contributed by atoms with Gasteiger partial charge in [0.25, 0.3) is 0 Å². The summed E-state index contributed by atoms with van der Waals surface area (Å²) in [6, 6.07) is 67.8. The van der Waals surface area contributed by atoms with Crippen molar-refractivity contribution in [3.63, 3.8) is 0 Å². The van der Waals surface area contributed by atoms with Crippen molar-refractivity contribution in [2.24, 2.45) is 0 Å². The first-order valence-electron chi connectivity index (χ1n) is 19.3. The minimum absolute atomic E-state index is 0.273. The van der Waals surface area contributed by atoms with Crippen LogP contribution in [0.4, 0.5) is 17.1 Å². The number of aromatic nitrogens is 1. The van der Waals surface area contributed by atoms with E-state index in [1.807, 2.05) is 0 Å². The second-order valence-electron chi connectivity index (χ2n) is 15.7. The Balaban J connectivity index is 1.27. The van der Waals surface area contributed by atoms with E-state index in [-0.39, 0.29) is 5.41 Å². The van der Waals surface area contributed by atoms with Gasteiger partial charge in [-0.3, -0.25) is 0 Å². The van der Waals surface area contributed by atoms with Crippen LogP contribution in [0, 0.1) is 0 Å². The van der Waals surface area contributed by atoms with Crippen LogP contribution in [-0.2, 0) is 5.41 Å². The topological polar surface area (TPSA) is 8.17 Å². The van der Waals surface area contributed by atoms with Crippen LogP contribution in [-0.4, -0.2) is 4.57 Å². The van der Waals surface area contributed by atoms with Crippen molar-refractivity contribution >= 4 is 92.7 Å². The summed E-state index contributed by atoms with van der Waals surface area (Å²) < 4.78 is 2.50. The van der Waals surface area contributed by atoms with Gasteiger partial charge in [0, 0.05) is 27.3 Å². The summed E-state index contributed by atoms with van der Waals surface area (Å²) in [6.45, 7) is 4.83. The highest BCUT2D eigenvalue weighted by Gasteiger charge is 2.38. The lowest BCUT2D eigenvalue weighted by Gasteiger charge is -2.42. The molecular weight excluding hydrogens is 665 g/mol. The molecule has 0 saturated carbocycles. The largest absolute Gasteiger partial charge is 0.309 e. The average Bonchev–Trinajstić information content (AvgIpc) is 3.55. The summed E-state index contributed by atoms with van der Waals surface area (Å²) in [7, 11) is 0. The summed E-state index contributed by atoms with van der Waals surface area (Å²) in [5.41, 5.74) is 9.61. The van der Waals surface area contributed by atoms with Crippen molar-refractivity contribution in [3.05, 3.63) is 193 Å². The van der Waals surface area contributed by atoms with Crippen molar-refractivity contribution in [3.8, 4) is 5.69 Å². The summed E-state index contributed by atoms with van der Waals surface area (Å²) in [6.07, 6.45) is 0. The van der Waals surface area contributed by atoms with Crippen LogP contribution in [0.1, 0.15) is 25.0 Å². The van der Waals surface area contributed by atoms with Gasteiger partial charge in [0.1, 0.15) is 0 Å². The number of benzene rings is 10. The van der Waals surface area contributed by atoms with Crippen LogP contribution in [0.5, 0.6) is 0 Å². The standard InChI is InChI=1S/C53H36N2/c1-53(2)46-27-34-16-6-7-17-35(34)28-51(46)55(48-26-14-18-33-15-8-9-21-37(33)48)52-32-50-45(30-47(52)53)44-29-42-40-24-12-10-22-38(40)39-23-11-13-25-41(39)43(42)31-49(44)54(50)36-19-4-3-5-20-36/h3-32H,1-2H3. The van der Waals surface area contributed by atoms with Crippen LogP contribution in [0.15, 0.2) is 182 Å². The van der Waals surface area contributed by atoms with E-state index in [0.717, 1.165) is 5.69 Å². The highest BCUT2D eigenvalue weighted by molar-refractivity contribution is 6.29. The van der Waals surface area contributed by atoms with Gasteiger partial charge < -0.3 is 9.47 Å². The Morgan fingerprint density at radius 3 is 1.53 bits per heavy atom. The average molecular weight is 701 g/mol. The molecule has 2 heteroatoms. The zero-order valence-electron chi connectivity index (χ0n) is 30.7. The third kappa shape index (κ3) is 4.20. The smallest absolute Gasteiger partial charge is 0.0562 e. The van der Waals surface area contributed by atoms with Gasteiger partial charge in [0.15, 0.2) is 0 Å². The summed E-state index contributed by atoms with van der Waals surface area (Å²) in [4.78, 5) is 2.55. The van der Waals surface area contributed by atoms with E-state index < -0.39 is 0 Å². The fraction of sp³-hybridized carbons (Fsp3) is 0.0566. The number of nitrogens with zero attached hydrogens (tertiary/aromatic N) is 2. The third-order valence-corrected chi connectivity index (χ3v) is 12.5. The van der Waals surface area contributed by atoms with Crippen LogP contribution in [0.3, 0.4) is 0 Å². The number of anilines is 3. The molecule has 10 aromatic carbocycles. The molecule has 11 aromatic rings. The Bertz CT molecular complexity index is 3400. The maximum atomic E-state index is 2.55. The fourth-order valence-electron chi connectivity index (χ4n) is 9.84. The van der Waals surface area contributed by atoms with E-state index in [4.69, 9.17) is 0 Å². The van der Waals surface area contributed by atoms with Gasteiger partial charge in [-0.15, -0.1) is 0 Å². The van der Waals surface area contributed by atoms with E-state index >= 15 is 0 Å². The first kappa shape index (κ1) is 30.6. The molecule has 0 atom stereocenters. The SMILES string of the molecule is CC1(C)c2cc3ccccc3cc2N(c2cccc3ccccc23)c2cc3c(cc21)c1cc2c4ccccc4c4ccccc4c2cc1n3-c1ccccc1. The Morgan fingerprint density at radius 1 is 0.327 bits per heavy atom. The van der Waals surface area contributed by atoms with Crippen molar-refractivity contribution in [1.82, 2.24) is 4.57 Å². The molecule has 1 aromatic heterocycles. The minimum atomic E-state index is -0.273. The molecule has 258 valence electrons. The Morgan fingerprint density at radius 2 is 0.818 bits per heavy atom. The molecule has 2 nitrogen and oxygen atoms in total. The first-order valence-corrected chi connectivity index (χ1v) is 19.3. The Labute approximate surface area is 319 Å². The zero-order chi connectivity index (χ0) is 36.4. The molecule has 0 bridgehead atoms. The monoisotopic (exact) mass is 700 g/mol. The van der Waals surface area contributed by atoms with E-state index in [1.54, 1.807) is 0 Å². The van der Waals surface area contributed by atoms with Crippen molar-refractivity contribution in [1.29, 1.82) is 0 Å². The Hall–Kier alpha value is -6.90. The van der Waals surface area contributed by atoms with Crippen molar-refractivity contribution < 1.29 is 0 Å². The minimum Gasteiger partial charge on any atom is -0.309 e. The van der Waals surface area contributed by atoms with Crippen LogP contribution >= 0.6 is 0 Å². The van der Waals surface area contributed by atoms with E-state index in [9.17, 15) is 0 Å². The van der Waals surface area contributed by atoms with E-state index in [1.165, 1.54) is 104 Å². The zero-order valence-corrected chi connectivity index (χ0v) is 30.7. The highest BCUT2D eigenvalue weighted by Crippen LogP contribution is 2.55. The lowest BCUT2D eigenvalue weighted by atomic mass is 9.72. The molecule has 12 rings (SSSR count). The maximum Gasteiger partial charge on any atom is 0.0562 e. The molecule has 0 unspecified atom stereocenters. The number of hydrogen-bond donors (Lipinski definition) is 0. The van der Waals surface area contributed by atoms with Gasteiger partial charge in [0.05, 0.1) is 28.1 Å². The summed E-state index contributed by atoms with van der Waals surface area (Å²) in [5, 5.41) is 15.3. The summed E-state index contributed by atoms with van der Waals surface area (Å²) >= 11 is 0. The predicted octanol–water partition coefficient (Wildman–Crippen LogP) is 14.7. The molecule has 0 spiro atoms. The van der Waals surface area contributed by atoms with Gasteiger partial charge >= 0.3 is 0 Å². The van der Waals surface area contributed by atoms with Crippen molar-refractivity contribution in [2.75, 3.05) is 4.90 Å². The molecule has 1 aliphatic rings. The lowest BCUT2D eigenvalue weighted by Crippen LogP contribution is -2.30. The van der Waals surface area contributed by atoms with Crippen LogP contribution in [0.2, 0.25) is 0 Å². The molecule has 0 fully saturated rings. The fourth-order valence-corrected chi connectivity index (χ4v) is 9.84. The molecule has 0 saturated heterocycles. The van der Waals surface area contributed by atoms with Gasteiger partial charge in [-0.2, -0.15) is 0 Å². The normalized spacial score (nSPS) is 13.7. The molecule has 0 aliphatic carbocycles. The number of rotatable bonds is 2. The van der Waals surface area contributed by atoms with E-state index in [2.05, 4.69) is 205 Å². The van der Waals surface area contributed by atoms with E-state index in [0.29, 0.717) is 0 Å². The molecular formula is C53H36N2. The molecule has 0 amide bonds. The van der Waals surface area contributed by atoms with Crippen LogP contribution < -0.4 is 4.90 Å². The molecule has 1 aliphatic heterocycles. The number of fused-ring (bicyclic) bond motifs is 13. The van der Waals surface area contributed by atoms with Gasteiger partial charge in [-0.05, 0) is 114 Å². The molecule has 0 radical (unpaired) electrons. The summed E-state index contributed by atoms with van der Waals surface area (Å²) in [5.74, 6) is 0. The van der Waals surface area contributed by atoms with Gasteiger partial charge in [-0.1, -0.05) is 141 Å². The van der Waals surface area contributed by atoms with Crippen molar-refractivity contribution in [2.45, 2.75) is 19.3 Å². The second-order valence-corrected chi connectivity index (χ2v) is 15.7. The molecule has 2 heterocycles. The third-order valence-electron chi connectivity index (χ3n) is 12.5. The molecule has 55 heavy (non-hydrogen) atoms. The molecule has 0 N–H and O–H groups in total. The number of hydrogen-bond acceptors (Lipinski definition) is 1. The quantitative estimate of drug-likeness (QED) is 0.163. The van der Waals surface area contributed by atoms with Gasteiger partial charge in [-0.25, -0.2) is 0 Å². The maximum absolute atomic E-state index is 2.55. The number of para-hydroxylation sites is 1. The van der Waals surface area contributed by atoms with Gasteiger partial charge in [0.2, 0.25) is 0 Å². The first-order chi connectivity index (χ1) is 27.0. The Kier molecular flexibility index (Phi) is 6.15. The second kappa shape index (κ2) is 11.1. The lowest BCUT2D eigenvalue weighted by molar-refractivity contribution is 0.634. The predicted molar refractivity (Wildman–Crippen MR) is 235 cm³/mol.